The highest BCUT2D eigenvalue weighted by molar-refractivity contribution is 6.14. The van der Waals surface area contributed by atoms with Crippen molar-refractivity contribution >= 4 is 46.5 Å². The number of carboxylic acids is 2. The maximum atomic E-state index is 13.4. The van der Waals surface area contributed by atoms with Gasteiger partial charge in [0, 0.05) is 30.4 Å². The van der Waals surface area contributed by atoms with Crippen LogP contribution < -0.4 is 34.4 Å². The van der Waals surface area contributed by atoms with Crippen molar-refractivity contribution in [1.29, 1.82) is 0 Å². The first kappa shape index (κ1) is 35.8. The van der Waals surface area contributed by atoms with E-state index < -0.39 is 28.8 Å². The van der Waals surface area contributed by atoms with Gasteiger partial charge in [-0.1, -0.05) is 54.6 Å². The first-order chi connectivity index (χ1) is 23.3. The topological polar surface area (TPSA) is 290 Å². The molecule has 0 fully saturated rings. The Labute approximate surface area is 282 Å². The summed E-state index contributed by atoms with van der Waals surface area (Å²) < 4.78 is 1.57. The lowest BCUT2D eigenvalue weighted by molar-refractivity contribution is -0.147. The van der Waals surface area contributed by atoms with Crippen molar-refractivity contribution in [1.82, 2.24) is 9.78 Å². The largest absolute Gasteiger partial charge is 0.480 e. The molecule has 15 nitrogen and oxygen atoms in total. The van der Waals surface area contributed by atoms with Crippen LogP contribution in [0.2, 0.25) is 0 Å². The molecule has 4 rings (SSSR count). The molecule has 1 heterocycles. The Morgan fingerprint density at radius 2 is 1.41 bits per heavy atom. The number of nitrogens with zero attached hydrogens (tertiary/aromatic N) is 4. The molecule has 14 N–H and O–H groups in total. The Kier molecular flexibility index (Phi) is 11.1. The first-order valence-corrected chi connectivity index (χ1v) is 15.3. The fourth-order valence-corrected chi connectivity index (χ4v) is 5.45. The third kappa shape index (κ3) is 8.09. The number of hydrogen-bond donors (Lipinski definition) is 8. The molecule has 4 aromatic rings. The molecule has 0 aliphatic heterocycles. The number of aliphatic carboxylic acids is 2. The number of carboxylic acid groups (broad SMARTS) is 2. The van der Waals surface area contributed by atoms with Crippen LogP contribution in [-0.2, 0) is 19.9 Å². The van der Waals surface area contributed by atoms with E-state index in [1.807, 2.05) is 48.5 Å². The highest BCUT2D eigenvalue weighted by Crippen LogP contribution is 2.40. The Hall–Kier alpha value is -6.06. The summed E-state index contributed by atoms with van der Waals surface area (Å²) in [6.07, 6.45) is 4.26. The number of benzene rings is 3. The summed E-state index contributed by atoms with van der Waals surface area (Å²) in [5.74, 6) is -3.96. The molecule has 0 bridgehead atoms. The highest BCUT2D eigenvalue weighted by atomic mass is 16.4. The number of hydrogen-bond acceptors (Lipinski definition) is 8. The van der Waals surface area contributed by atoms with Crippen LogP contribution in [0, 0.1) is 0 Å². The molecule has 1 aromatic heterocycles. The second-order valence-electron chi connectivity index (χ2n) is 11.5. The molecule has 0 amide bonds. The number of ketones is 1. The van der Waals surface area contributed by atoms with Gasteiger partial charge >= 0.3 is 11.9 Å². The lowest BCUT2D eigenvalue weighted by Crippen LogP contribution is -2.54. The second-order valence-corrected chi connectivity index (χ2v) is 11.5. The van der Waals surface area contributed by atoms with E-state index >= 15 is 0 Å². The minimum Gasteiger partial charge on any atom is -0.480 e. The standard InChI is InChI=1S/C34H40N10O5/c35-31(36)41-18-6-16-33(39,29(46)47)25-14-12-21-8-4-5-11-24(21)27(25)28-22(20-44(43-28)23-9-2-1-3-10-23)13-15-26(45)34(40,30(48)49)17-7-19-42-32(37)38/h1-5,8-15,20H,6-7,16-19,39-40H2,(H,46,47)(H,48,49)(H4,35,36,41)(H4,37,38,42)/b15-13+/t33-,34-/m1/s1. The van der Waals surface area contributed by atoms with E-state index in [9.17, 15) is 24.6 Å². The van der Waals surface area contributed by atoms with E-state index in [1.165, 1.54) is 6.08 Å². The molecule has 49 heavy (non-hydrogen) atoms. The van der Waals surface area contributed by atoms with Crippen LogP contribution in [0.3, 0.4) is 0 Å². The SMILES string of the molecule is NC(N)=NCCC[C@](N)(C(=O)O)C(=O)/C=C/c1cn(-c2ccccc2)nc1-c1c([C@](N)(CCCN=C(N)N)C(=O)O)ccc2ccccc12. The van der Waals surface area contributed by atoms with Gasteiger partial charge in [-0.05, 0) is 66.3 Å². The summed E-state index contributed by atoms with van der Waals surface area (Å²) in [4.78, 5) is 46.4. The van der Waals surface area contributed by atoms with E-state index in [0.29, 0.717) is 27.9 Å². The normalized spacial score (nSPS) is 13.8. The minimum atomic E-state index is -2.26. The van der Waals surface area contributed by atoms with E-state index in [-0.39, 0.29) is 56.3 Å². The van der Waals surface area contributed by atoms with Crippen LogP contribution >= 0.6 is 0 Å². The predicted molar refractivity (Wildman–Crippen MR) is 188 cm³/mol. The lowest BCUT2D eigenvalue weighted by Gasteiger charge is -2.28. The quantitative estimate of drug-likeness (QED) is 0.0276. The summed E-state index contributed by atoms with van der Waals surface area (Å²) in [6.45, 7) is 0.242. The van der Waals surface area contributed by atoms with Gasteiger partial charge in [-0.15, -0.1) is 0 Å². The highest BCUT2D eigenvalue weighted by Gasteiger charge is 2.41. The summed E-state index contributed by atoms with van der Waals surface area (Å²) in [5, 5.41) is 26.8. The van der Waals surface area contributed by atoms with E-state index in [0.717, 1.165) is 11.5 Å². The molecule has 256 valence electrons. The van der Waals surface area contributed by atoms with Crippen molar-refractivity contribution < 1.29 is 24.6 Å². The number of para-hydroxylation sites is 1. The molecular weight excluding hydrogens is 628 g/mol. The predicted octanol–water partition coefficient (Wildman–Crippen LogP) is 1.40. The first-order valence-electron chi connectivity index (χ1n) is 15.3. The van der Waals surface area contributed by atoms with Crippen LogP contribution in [0.1, 0.15) is 36.8 Å². The molecule has 0 spiro atoms. The molecule has 0 aliphatic rings. The van der Waals surface area contributed by atoms with Crippen LogP contribution in [-0.4, -0.2) is 68.3 Å². The average molecular weight is 669 g/mol. The zero-order valence-electron chi connectivity index (χ0n) is 26.7. The van der Waals surface area contributed by atoms with Gasteiger partial charge in [0.25, 0.3) is 0 Å². The molecule has 0 saturated heterocycles. The average Bonchev–Trinajstić information content (AvgIpc) is 3.50. The number of carbonyl (C=O) groups is 3. The summed E-state index contributed by atoms with van der Waals surface area (Å²) in [6, 6.07) is 19.9. The van der Waals surface area contributed by atoms with Gasteiger partial charge in [0.2, 0.25) is 0 Å². The van der Waals surface area contributed by atoms with Crippen molar-refractivity contribution in [3.63, 3.8) is 0 Å². The van der Waals surface area contributed by atoms with Crippen molar-refractivity contribution in [2.45, 2.75) is 36.8 Å². The zero-order valence-corrected chi connectivity index (χ0v) is 26.7. The second kappa shape index (κ2) is 15.2. The van der Waals surface area contributed by atoms with Gasteiger partial charge in [-0.3, -0.25) is 14.8 Å². The number of nitrogens with two attached hydrogens (primary N) is 6. The van der Waals surface area contributed by atoms with E-state index in [2.05, 4.69) is 9.98 Å². The Morgan fingerprint density at radius 1 is 0.796 bits per heavy atom. The van der Waals surface area contributed by atoms with Gasteiger partial charge in [-0.2, -0.15) is 5.10 Å². The number of aromatic nitrogens is 2. The third-order valence-corrected chi connectivity index (χ3v) is 8.07. The van der Waals surface area contributed by atoms with Crippen molar-refractivity contribution in [3.8, 4) is 16.9 Å². The lowest BCUT2D eigenvalue weighted by atomic mass is 9.80. The maximum Gasteiger partial charge on any atom is 0.331 e. The summed E-state index contributed by atoms with van der Waals surface area (Å²) in [5.41, 5.74) is 32.4. The van der Waals surface area contributed by atoms with Crippen LogP contribution in [0.25, 0.3) is 33.8 Å². The van der Waals surface area contributed by atoms with Crippen LogP contribution in [0.15, 0.2) is 89.0 Å². The molecule has 0 unspecified atom stereocenters. The fraction of sp³-hybridized carbons (Fsp3) is 0.235. The van der Waals surface area contributed by atoms with Gasteiger partial charge in [0.05, 0.1) is 5.69 Å². The monoisotopic (exact) mass is 668 g/mol. The third-order valence-electron chi connectivity index (χ3n) is 8.07. The molecule has 2 atom stereocenters. The number of guanidine groups is 2. The molecular formula is C34H40N10O5. The molecule has 0 saturated carbocycles. The van der Waals surface area contributed by atoms with E-state index in [4.69, 9.17) is 39.5 Å². The van der Waals surface area contributed by atoms with Crippen molar-refractivity contribution in [2.24, 2.45) is 44.4 Å². The number of carbonyl (C=O) groups excluding carboxylic acids is 1. The van der Waals surface area contributed by atoms with Crippen LogP contribution in [0.4, 0.5) is 0 Å². The number of aliphatic imine (C=N–C) groups is 2. The minimum absolute atomic E-state index is 0.0261. The Bertz CT molecular complexity index is 1930. The van der Waals surface area contributed by atoms with Gasteiger partial charge in [0.15, 0.2) is 23.2 Å². The molecule has 3 aromatic carbocycles. The fourth-order valence-electron chi connectivity index (χ4n) is 5.45. The van der Waals surface area contributed by atoms with Gasteiger partial charge < -0.3 is 44.6 Å². The van der Waals surface area contributed by atoms with E-state index in [1.54, 1.807) is 29.1 Å². The van der Waals surface area contributed by atoms with Crippen LogP contribution in [0.5, 0.6) is 0 Å². The Balaban J connectivity index is 1.91. The van der Waals surface area contributed by atoms with Gasteiger partial charge in [-0.25, -0.2) is 14.3 Å². The Morgan fingerprint density at radius 3 is 2.02 bits per heavy atom. The summed E-state index contributed by atoms with van der Waals surface area (Å²) in [7, 11) is 0. The molecule has 15 heteroatoms. The molecule has 0 radical (unpaired) electrons. The smallest absolute Gasteiger partial charge is 0.331 e. The van der Waals surface area contributed by atoms with Crippen molar-refractivity contribution in [3.05, 3.63) is 90.1 Å². The molecule has 0 aliphatic carbocycles. The summed E-state index contributed by atoms with van der Waals surface area (Å²) >= 11 is 0. The zero-order chi connectivity index (χ0) is 35.8. The number of fused-ring (bicyclic) bond motifs is 1. The van der Waals surface area contributed by atoms with Crippen molar-refractivity contribution in [2.75, 3.05) is 13.1 Å². The number of rotatable bonds is 16. The maximum absolute atomic E-state index is 13.4. The van der Waals surface area contributed by atoms with Gasteiger partial charge in [0.1, 0.15) is 11.2 Å².